The molecule has 0 atom stereocenters. The Hall–Kier alpha value is -2.75. The highest BCUT2D eigenvalue weighted by atomic mass is 32.2. The number of hydrogen-bond donors (Lipinski definition) is 1. The summed E-state index contributed by atoms with van der Waals surface area (Å²) in [4.78, 5) is 22.0. The van der Waals surface area contributed by atoms with Crippen LogP contribution in [-0.4, -0.2) is 57.2 Å². The molecule has 1 amide bonds. The number of alkyl halides is 2. The first-order valence-electron chi connectivity index (χ1n) is 13.3. The van der Waals surface area contributed by atoms with Crippen LogP contribution in [0.25, 0.3) is 0 Å². The number of pyridine rings is 1. The number of sulfone groups is 1. The van der Waals surface area contributed by atoms with Gasteiger partial charge >= 0.3 is 0 Å². The van der Waals surface area contributed by atoms with E-state index in [1.54, 1.807) is 29.2 Å². The molecule has 1 aromatic carbocycles. The van der Waals surface area contributed by atoms with E-state index in [0.717, 1.165) is 25.9 Å². The van der Waals surface area contributed by atoms with E-state index in [0.29, 0.717) is 28.3 Å². The first-order valence-corrected chi connectivity index (χ1v) is 14.9. The Labute approximate surface area is 223 Å². The molecule has 2 saturated heterocycles. The van der Waals surface area contributed by atoms with E-state index >= 15 is 0 Å². The van der Waals surface area contributed by atoms with Crippen LogP contribution < -0.4 is 15.1 Å². The first kappa shape index (κ1) is 26.8. The smallest absolute Gasteiger partial charge is 0.266 e. The van der Waals surface area contributed by atoms with Crippen molar-refractivity contribution in [3.05, 3.63) is 42.0 Å². The monoisotopic (exact) mass is 546 g/mol. The van der Waals surface area contributed by atoms with Gasteiger partial charge in [0.25, 0.3) is 11.8 Å². The van der Waals surface area contributed by atoms with Crippen LogP contribution in [0.1, 0.15) is 63.2 Å². The Kier molecular flexibility index (Phi) is 6.69. The standard InChI is InChI=1S/C28H36F2N4O3S/c1-26(2,3)19-38(36,37)21-6-4-5-20(17-21)31-25(35)22-7-8-23(34-16-13-28(29,30)18-34)32-24(22)33-14-11-27(9-10-27)12-15-33/h4-8,17H,9-16,18-19H2,1-3H3,(H,31,35). The van der Waals surface area contributed by atoms with Crippen LogP contribution in [0.2, 0.25) is 0 Å². The number of hydrogen-bond acceptors (Lipinski definition) is 6. The summed E-state index contributed by atoms with van der Waals surface area (Å²) in [6, 6.07) is 9.54. The zero-order chi connectivity index (χ0) is 27.3. The minimum atomic E-state index is -3.53. The molecular formula is C28H36F2N4O3S. The van der Waals surface area contributed by atoms with Crippen molar-refractivity contribution in [1.29, 1.82) is 0 Å². The third kappa shape index (κ3) is 5.95. The molecule has 0 bridgehead atoms. The summed E-state index contributed by atoms with van der Waals surface area (Å²) in [6.45, 7) is 6.94. The van der Waals surface area contributed by atoms with Gasteiger partial charge in [0.2, 0.25) is 0 Å². The second kappa shape index (κ2) is 9.47. The van der Waals surface area contributed by atoms with Crippen molar-refractivity contribution >= 4 is 33.1 Å². The number of nitrogens with one attached hydrogen (secondary N) is 1. The van der Waals surface area contributed by atoms with Crippen molar-refractivity contribution in [3.8, 4) is 0 Å². The number of nitrogens with zero attached hydrogens (tertiary/aromatic N) is 3. The molecule has 3 aliphatic rings. The van der Waals surface area contributed by atoms with E-state index in [9.17, 15) is 22.0 Å². The van der Waals surface area contributed by atoms with Gasteiger partial charge in [-0.1, -0.05) is 26.8 Å². The molecule has 1 aliphatic carbocycles. The average molecular weight is 547 g/mol. The average Bonchev–Trinajstić information content (AvgIpc) is 3.48. The second-order valence-electron chi connectivity index (χ2n) is 12.4. The number of aromatic nitrogens is 1. The Morgan fingerprint density at radius 1 is 1.00 bits per heavy atom. The molecule has 1 saturated carbocycles. The fourth-order valence-corrected chi connectivity index (χ4v) is 7.35. The molecule has 1 N–H and O–H groups in total. The van der Waals surface area contributed by atoms with Crippen LogP contribution in [0.3, 0.4) is 0 Å². The Morgan fingerprint density at radius 3 is 2.29 bits per heavy atom. The second-order valence-corrected chi connectivity index (χ2v) is 14.3. The van der Waals surface area contributed by atoms with E-state index in [4.69, 9.17) is 4.98 Å². The van der Waals surface area contributed by atoms with Crippen molar-refractivity contribution in [2.24, 2.45) is 10.8 Å². The summed E-state index contributed by atoms with van der Waals surface area (Å²) in [6.07, 6.45) is 4.30. The lowest BCUT2D eigenvalue weighted by Crippen LogP contribution is -2.37. The molecule has 3 fully saturated rings. The van der Waals surface area contributed by atoms with E-state index in [2.05, 4.69) is 10.2 Å². The van der Waals surface area contributed by atoms with Crippen molar-refractivity contribution < 1.29 is 22.0 Å². The molecule has 7 nitrogen and oxygen atoms in total. The number of halogens is 2. The van der Waals surface area contributed by atoms with Gasteiger partial charge in [-0.05, 0) is 66.8 Å². The molecule has 2 aromatic rings. The normalized spacial score (nSPS) is 20.6. The van der Waals surface area contributed by atoms with Gasteiger partial charge in [-0.3, -0.25) is 4.79 Å². The highest BCUT2D eigenvalue weighted by Gasteiger charge is 2.45. The summed E-state index contributed by atoms with van der Waals surface area (Å²) < 4.78 is 53.6. The van der Waals surface area contributed by atoms with Gasteiger partial charge in [-0.2, -0.15) is 0 Å². The SMILES string of the molecule is CC(C)(C)CS(=O)(=O)c1cccc(NC(=O)c2ccc(N3CCC(F)(F)C3)nc2N2CCC3(CC2)CC3)c1. The number of carbonyl (C=O) groups is 1. The van der Waals surface area contributed by atoms with Crippen LogP contribution >= 0.6 is 0 Å². The van der Waals surface area contributed by atoms with Crippen molar-refractivity contribution in [1.82, 2.24) is 4.98 Å². The highest BCUT2D eigenvalue weighted by molar-refractivity contribution is 7.91. The summed E-state index contributed by atoms with van der Waals surface area (Å²) in [5.41, 5.74) is 0.726. The minimum absolute atomic E-state index is 0.0150. The maximum absolute atomic E-state index is 13.9. The van der Waals surface area contributed by atoms with Gasteiger partial charge in [-0.15, -0.1) is 0 Å². The van der Waals surface area contributed by atoms with Crippen LogP contribution in [0.15, 0.2) is 41.3 Å². The summed E-state index contributed by atoms with van der Waals surface area (Å²) >= 11 is 0. The van der Waals surface area contributed by atoms with Crippen LogP contribution in [0, 0.1) is 10.8 Å². The minimum Gasteiger partial charge on any atom is -0.356 e. The zero-order valence-corrected chi connectivity index (χ0v) is 23.1. The Bertz CT molecular complexity index is 1330. The van der Waals surface area contributed by atoms with Crippen molar-refractivity contribution in [3.63, 3.8) is 0 Å². The molecule has 2 aliphatic heterocycles. The zero-order valence-electron chi connectivity index (χ0n) is 22.3. The quantitative estimate of drug-likeness (QED) is 0.524. The largest absolute Gasteiger partial charge is 0.356 e. The Morgan fingerprint density at radius 2 is 1.68 bits per heavy atom. The van der Waals surface area contributed by atoms with E-state index < -0.39 is 27.1 Å². The predicted octanol–water partition coefficient (Wildman–Crippen LogP) is 5.38. The maximum atomic E-state index is 13.9. The van der Waals surface area contributed by atoms with E-state index in [-0.39, 0.29) is 30.2 Å². The fourth-order valence-electron chi connectivity index (χ4n) is 5.45. The molecule has 38 heavy (non-hydrogen) atoms. The van der Waals surface area contributed by atoms with Crippen LogP contribution in [0.4, 0.5) is 26.1 Å². The van der Waals surface area contributed by atoms with Gasteiger partial charge in [0.05, 0.1) is 22.8 Å². The van der Waals surface area contributed by atoms with E-state index in [1.807, 2.05) is 20.8 Å². The Balaban J connectivity index is 1.41. The fraction of sp³-hybridized carbons (Fsp3) is 0.571. The number of carbonyl (C=O) groups excluding carboxylic acids is 1. The summed E-state index contributed by atoms with van der Waals surface area (Å²) in [5, 5.41) is 2.84. The number of piperidine rings is 1. The molecule has 1 spiro atoms. The topological polar surface area (TPSA) is 82.6 Å². The summed E-state index contributed by atoms with van der Waals surface area (Å²) in [7, 11) is -3.53. The van der Waals surface area contributed by atoms with Gasteiger partial charge in [0.15, 0.2) is 9.84 Å². The number of benzene rings is 1. The molecule has 0 unspecified atom stereocenters. The van der Waals surface area contributed by atoms with Crippen molar-refractivity contribution in [2.75, 3.05) is 47.0 Å². The molecular weight excluding hydrogens is 510 g/mol. The third-order valence-electron chi connectivity index (χ3n) is 7.75. The molecule has 0 radical (unpaired) electrons. The number of rotatable bonds is 6. The van der Waals surface area contributed by atoms with Gasteiger partial charge < -0.3 is 15.1 Å². The van der Waals surface area contributed by atoms with Gasteiger partial charge in [0, 0.05) is 31.7 Å². The molecule has 5 rings (SSSR count). The van der Waals surface area contributed by atoms with Gasteiger partial charge in [0.1, 0.15) is 11.6 Å². The van der Waals surface area contributed by atoms with Crippen LogP contribution in [-0.2, 0) is 9.84 Å². The van der Waals surface area contributed by atoms with Crippen molar-refractivity contribution in [2.45, 2.75) is 63.7 Å². The maximum Gasteiger partial charge on any atom is 0.266 e. The van der Waals surface area contributed by atoms with Crippen LogP contribution in [0.5, 0.6) is 0 Å². The third-order valence-corrected chi connectivity index (χ3v) is 9.97. The lowest BCUT2D eigenvalue weighted by atomic mass is 9.93. The first-order chi connectivity index (χ1) is 17.7. The summed E-state index contributed by atoms with van der Waals surface area (Å²) in [5.74, 6) is -2.25. The van der Waals surface area contributed by atoms with Gasteiger partial charge in [-0.25, -0.2) is 22.2 Å². The highest BCUT2D eigenvalue weighted by Crippen LogP contribution is 2.54. The molecule has 10 heteroatoms. The predicted molar refractivity (Wildman–Crippen MR) is 145 cm³/mol. The molecule has 1 aromatic heterocycles. The van der Waals surface area contributed by atoms with E-state index in [1.165, 1.54) is 25.0 Å². The lowest BCUT2D eigenvalue weighted by Gasteiger charge is -2.34. The molecule has 3 heterocycles. The lowest BCUT2D eigenvalue weighted by molar-refractivity contribution is 0.0256. The number of anilines is 3. The number of amides is 1. The molecule has 206 valence electrons.